The van der Waals surface area contributed by atoms with E-state index in [4.69, 9.17) is 5.73 Å². The number of halogens is 3. The molecule has 0 radical (unpaired) electrons. The lowest BCUT2D eigenvalue weighted by atomic mass is 10.0. The van der Waals surface area contributed by atoms with Crippen LogP contribution in [-0.4, -0.2) is 12.3 Å². The van der Waals surface area contributed by atoms with Crippen LogP contribution >= 0.6 is 15.9 Å². The van der Waals surface area contributed by atoms with Gasteiger partial charge in [0.25, 0.3) is 0 Å². The molecule has 0 saturated heterocycles. The van der Waals surface area contributed by atoms with Crippen molar-refractivity contribution in [1.82, 2.24) is 0 Å². The smallest absolute Gasteiger partial charge is 0.167 e. The zero-order valence-corrected chi connectivity index (χ0v) is 12.8. The number of Topliss-reactive ketones (excluding diaryl/α,β-unsaturated/α-hetero) is 1. The highest BCUT2D eigenvalue weighted by molar-refractivity contribution is 9.10. The van der Waals surface area contributed by atoms with Crippen LogP contribution < -0.4 is 5.73 Å². The summed E-state index contributed by atoms with van der Waals surface area (Å²) in [5.41, 5.74) is 6.68. The van der Waals surface area contributed by atoms with Crippen molar-refractivity contribution in [3.8, 4) is 0 Å². The van der Waals surface area contributed by atoms with Crippen molar-refractivity contribution in [3.63, 3.8) is 0 Å². The van der Waals surface area contributed by atoms with Gasteiger partial charge in [-0.3, -0.25) is 4.79 Å². The van der Waals surface area contributed by atoms with Gasteiger partial charge in [0, 0.05) is 17.5 Å². The second-order valence-corrected chi connectivity index (χ2v) is 5.51. The van der Waals surface area contributed by atoms with Crippen molar-refractivity contribution in [1.29, 1.82) is 0 Å². The average molecular weight is 354 g/mol. The number of nitrogens with two attached hydrogens (primary N) is 1. The summed E-state index contributed by atoms with van der Waals surface area (Å²) >= 11 is 2.99. The normalized spacial score (nSPS) is 10.7. The van der Waals surface area contributed by atoms with Crippen LogP contribution in [0.25, 0.3) is 0 Å². The summed E-state index contributed by atoms with van der Waals surface area (Å²) in [5.74, 6) is -1.78. The maximum absolute atomic E-state index is 13.9. The summed E-state index contributed by atoms with van der Waals surface area (Å²) in [6, 6.07) is 9.32. The van der Waals surface area contributed by atoms with Gasteiger partial charge in [0.2, 0.25) is 0 Å². The predicted octanol–water partition coefficient (Wildman–Crippen LogP) is 3.65. The highest BCUT2D eigenvalue weighted by atomic mass is 79.9. The number of rotatable bonds is 5. The molecule has 0 atom stereocenters. The van der Waals surface area contributed by atoms with Crippen molar-refractivity contribution < 1.29 is 13.6 Å². The van der Waals surface area contributed by atoms with Crippen LogP contribution in [0, 0.1) is 11.6 Å². The molecule has 0 heterocycles. The van der Waals surface area contributed by atoms with E-state index in [-0.39, 0.29) is 22.2 Å². The van der Waals surface area contributed by atoms with Crippen LogP contribution in [-0.2, 0) is 12.8 Å². The van der Waals surface area contributed by atoms with E-state index in [9.17, 15) is 13.6 Å². The molecule has 0 aliphatic rings. The number of benzene rings is 2. The minimum absolute atomic E-state index is 0.144. The standard InChI is InChI=1S/C16H14BrF2NO/c17-13-5-6-14(18)12(16(13)19)9-15(21)11-3-1-10(2-4-11)7-8-20/h1-6H,7-9,20H2. The zero-order chi connectivity index (χ0) is 15.4. The molecule has 2 N–H and O–H groups in total. The molecule has 2 aromatic carbocycles. The topological polar surface area (TPSA) is 43.1 Å². The fraction of sp³-hybridized carbons (Fsp3) is 0.188. The summed E-state index contributed by atoms with van der Waals surface area (Å²) in [7, 11) is 0. The summed E-state index contributed by atoms with van der Waals surface area (Å²) in [4.78, 5) is 12.1. The molecule has 0 saturated carbocycles. The van der Waals surface area contributed by atoms with Gasteiger partial charge >= 0.3 is 0 Å². The van der Waals surface area contributed by atoms with Gasteiger partial charge in [0.15, 0.2) is 5.78 Å². The first-order valence-electron chi connectivity index (χ1n) is 6.47. The van der Waals surface area contributed by atoms with Crippen molar-refractivity contribution in [3.05, 3.63) is 69.2 Å². The molecule has 2 rings (SSSR count). The quantitative estimate of drug-likeness (QED) is 0.658. The third kappa shape index (κ3) is 3.74. The molecule has 110 valence electrons. The monoisotopic (exact) mass is 353 g/mol. The van der Waals surface area contributed by atoms with Crippen molar-refractivity contribution >= 4 is 21.7 Å². The van der Waals surface area contributed by atoms with E-state index in [2.05, 4.69) is 15.9 Å². The molecular weight excluding hydrogens is 340 g/mol. The molecule has 0 aliphatic carbocycles. The van der Waals surface area contributed by atoms with Gasteiger partial charge < -0.3 is 5.73 Å². The van der Waals surface area contributed by atoms with Crippen LogP contribution in [0.15, 0.2) is 40.9 Å². The van der Waals surface area contributed by atoms with Gasteiger partial charge in [-0.05, 0) is 46.6 Å². The minimum atomic E-state index is -0.733. The summed E-state index contributed by atoms with van der Waals surface area (Å²) in [5, 5.41) is 0. The van der Waals surface area contributed by atoms with E-state index in [1.165, 1.54) is 6.07 Å². The van der Waals surface area contributed by atoms with E-state index >= 15 is 0 Å². The van der Waals surface area contributed by atoms with Crippen LogP contribution in [0.5, 0.6) is 0 Å². The Balaban J connectivity index is 2.20. The molecule has 2 nitrogen and oxygen atoms in total. The van der Waals surface area contributed by atoms with Crippen molar-refractivity contribution in [2.45, 2.75) is 12.8 Å². The van der Waals surface area contributed by atoms with Crippen molar-refractivity contribution in [2.24, 2.45) is 5.73 Å². The number of carbonyl (C=O) groups excluding carboxylic acids is 1. The molecule has 21 heavy (non-hydrogen) atoms. The number of hydrogen-bond acceptors (Lipinski definition) is 2. The molecule has 0 fully saturated rings. The SMILES string of the molecule is NCCc1ccc(C(=O)Cc2c(F)ccc(Br)c2F)cc1. The second kappa shape index (κ2) is 6.91. The summed E-state index contributed by atoms with van der Waals surface area (Å²) in [6.07, 6.45) is 0.413. The van der Waals surface area contributed by atoms with Crippen LogP contribution in [0.3, 0.4) is 0 Å². The van der Waals surface area contributed by atoms with Gasteiger partial charge in [0.05, 0.1) is 4.47 Å². The Kier molecular flexibility index (Phi) is 5.20. The molecule has 2 aromatic rings. The average Bonchev–Trinajstić information content (AvgIpc) is 2.48. The Morgan fingerprint density at radius 1 is 1.10 bits per heavy atom. The van der Waals surface area contributed by atoms with E-state index in [1.54, 1.807) is 24.3 Å². The Bertz CT molecular complexity index is 656. The molecule has 0 aromatic heterocycles. The highest BCUT2D eigenvalue weighted by Crippen LogP contribution is 2.23. The molecule has 0 amide bonds. The lowest BCUT2D eigenvalue weighted by molar-refractivity contribution is 0.0990. The minimum Gasteiger partial charge on any atom is -0.330 e. The molecule has 0 bridgehead atoms. The van der Waals surface area contributed by atoms with Gasteiger partial charge in [-0.1, -0.05) is 24.3 Å². The van der Waals surface area contributed by atoms with Crippen molar-refractivity contribution in [2.75, 3.05) is 6.54 Å². The van der Waals surface area contributed by atoms with Gasteiger partial charge in [-0.25, -0.2) is 8.78 Å². The second-order valence-electron chi connectivity index (χ2n) is 4.66. The first-order chi connectivity index (χ1) is 10.0. The molecule has 5 heteroatoms. The lowest BCUT2D eigenvalue weighted by Gasteiger charge is -2.07. The first kappa shape index (κ1) is 15.8. The molecule has 0 aliphatic heterocycles. The zero-order valence-electron chi connectivity index (χ0n) is 11.2. The number of carbonyl (C=O) groups is 1. The van der Waals surface area contributed by atoms with Gasteiger partial charge in [-0.2, -0.15) is 0 Å². The summed E-state index contributed by atoms with van der Waals surface area (Å²) < 4.78 is 27.6. The third-order valence-corrected chi connectivity index (χ3v) is 3.80. The van der Waals surface area contributed by atoms with Crippen LogP contribution in [0.2, 0.25) is 0 Å². The van der Waals surface area contributed by atoms with E-state index < -0.39 is 11.6 Å². The predicted molar refractivity (Wildman–Crippen MR) is 81.3 cm³/mol. The Morgan fingerprint density at radius 2 is 1.76 bits per heavy atom. The maximum Gasteiger partial charge on any atom is 0.167 e. The largest absolute Gasteiger partial charge is 0.330 e. The van der Waals surface area contributed by atoms with E-state index in [0.29, 0.717) is 12.1 Å². The Morgan fingerprint density at radius 3 is 2.38 bits per heavy atom. The summed E-state index contributed by atoms with van der Waals surface area (Å²) in [6.45, 7) is 0.530. The molecular formula is C16H14BrF2NO. The van der Waals surface area contributed by atoms with Gasteiger partial charge in [0.1, 0.15) is 11.6 Å². The fourth-order valence-electron chi connectivity index (χ4n) is 2.02. The first-order valence-corrected chi connectivity index (χ1v) is 7.27. The lowest BCUT2D eigenvalue weighted by Crippen LogP contribution is -2.08. The Hall–Kier alpha value is -1.59. The van der Waals surface area contributed by atoms with Crippen LogP contribution in [0.1, 0.15) is 21.5 Å². The number of hydrogen-bond donors (Lipinski definition) is 1. The van der Waals surface area contributed by atoms with E-state index in [1.807, 2.05) is 0 Å². The maximum atomic E-state index is 13.9. The molecule has 0 unspecified atom stereocenters. The Labute approximate surface area is 130 Å². The van der Waals surface area contributed by atoms with Gasteiger partial charge in [-0.15, -0.1) is 0 Å². The number of ketones is 1. The highest BCUT2D eigenvalue weighted by Gasteiger charge is 2.16. The fourth-order valence-corrected chi connectivity index (χ4v) is 2.39. The molecule has 0 spiro atoms. The third-order valence-electron chi connectivity index (χ3n) is 3.19. The van der Waals surface area contributed by atoms with Crippen LogP contribution in [0.4, 0.5) is 8.78 Å². The van der Waals surface area contributed by atoms with E-state index in [0.717, 1.165) is 18.1 Å².